The first kappa shape index (κ1) is 16.2. The average molecular weight is 368 g/mol. The summed E-state index contributed by atoms with van der Waals surface area (Å²) in [5, 5.41) is 2.02. The van der Waals surface area contributed by atoms with Crippen molar-refractivity contribution >= 4 is 33.2 Å². The Hall–Kier alpha value is -1.17. The fraction of sp³-hybridized carbons (Fsp3) is 0.312. The lowest BCUT2D eigenvalue weighted by Gasteiger charge is -2.22. The lowest BCUT2D eigenvalue weighted by molar-refractivity contribution is 0.0682. The van der Waals surface area contributed by atoms with Crippen molar-refractivity contribution in [3.05, 3.63) is 56.2 Å². The molecule has 0 fully saturated rings. The van der Waals surface area contributed by atoms with Crippen LogP contribution >= 0.6 is 27.3 Å². The summed E-state index contributed by atoms with van der Waals surface area (Å²) in [7, 11) is 1.65. The fourth-order valence-corrected chi connectivity index (χ4v) is 3.05. The van der Waals surface area contributed by atoms with Crippen LogP contribution in [0.3, 0.4) is 0 Å². The van der Waals surface area contributed by atoms with E-state index in [9.17, 15) is 4.79 Å². The molecule has 1 heterocycles. The van der Waals surface area contributed by atoms with E-state index in [0.29, 0.717) is 25.3 Å². The molecule has 0 aliphatic heterocycles. The summed E-state index contributed by atoms with van der Waals surface area (Å²) in [6, 6.07) is 9.75. The van der Waals surface area contributed by atoms with E-state index < -0.39 is 0 Å². The molecule has 0 aliphatic carbocycles. The highest BCUT2D eigenvalue weighted by Crippen LogP contribution is 2.20. The lowest BCUT2D eigenvalue weighted by Crippen LogP contribution is -2.33. The molecule has 0 bridgehead atoms. The van der Waals surface area contributed by atoms with Crippen molar-refractivity contribution in [3.8, 4) is 0 Å². The van der Waals surface area contributed by atoms with Gasteiger partial charge in [0.2, 0.25) is 0 Å². The molecule has 0 aliphatic rings. The zero-order valence-corrected chi connectivity index (χ0v) is 14.5. The monoisotopic (exact) mass is 367 g/mol. The molecule has 0 atom stereocenters. The topological polar surface area (TPSA) is 29.5 Å². The van der Waals surface area contributed by atoms with Gasteiger partial charge in [-0.25, -0.2) is 0 Å². The minimum absolute atomic E-state index is 0.0288. The van der Waals surface area contributed by atoms with Crippen molar-refractivity contribution in [1.29, 1.82) is 0 Å². The number of ether oxygens (including phenoxy) is 1. The van der Waals surface area contributed by atoms with Crippen molar-refractivity contribution in [2.75, 3.05) is 20.3 Å². The van der Waals surface area contributed by atoms with Gasteiger partial charge >= 0.3 is 0 Å². The molecule has 0 N–H and O–H groups in total. The quantitative estimate of drug-likeness (QED) is 0.768. The van der Waals surface area contributed by atoms with E-state index in [2.05, 4.69) is 15.9 Å². The van der Waals surface area contributed by atoms with Crippen LogP contribution in [0.5, 0.6) is 0 Å². The molecule has 2 rings (SSSR count). The smallest absolute Gasteiger partial charge is 0.254 e. The van der Waals surface area contributed by atoms with E-state index >= 15 is 0 Å². The summed E-state index contributed by atoms with van der Waals surface area (Å²) in [6.45, 7) is 3.74. The number of thiophene rings is 1. The second-order valence-electron chi connectivity index (χ2n) is 4.76. The number of carbonyl (C=O) groups excluding carboxylic acids is 1. The first-order valence-electron chi connectivity index (χ1n) is 6.68. The molecule has 112 valence electrons. The van der Waals surface area contributed by atoms with Crippen LogP contribution < -0.4 is 0 Å². The van der Waals surface area contributed by atoms with Gasteiger partial charge in [-0.2, -0.15) is 0 Å². The Labute approximate surface area is 137 Å². The summed E-state index contributed by atoms with van der Waals surface area (Å²) < 4.78 is 6.08. The number of nitrogens with zero attached hydrogens (tertiary/aromatic N) is 1. The highest BCUT2D eigenvalue weighted by Gasteiger charge is 2.17. The van der Waals surface area contributed by atoms with Crippen LogP contribution in [0.15, 0.2) is 40.2 Å². The molecule has 5 heteroatoms. The molecule has 3 nitrogen and oxygen atoms in total. The number of benzene rings is 1. The molecule has 1 aromatic carbocycles. The second-order valence-corrected chi connectivity index (χ2v) is 6.65. The lowest BCUT2D eigenvalue weighted by atomic mass is 10.1. The SMILES string of the molecule is COCCN(Cc1cccs1)C(=O)c1ccc(C)c(Br)c1. The minimum atomic E-state index is 0.0288. The summed E-state index contributed by atoms with van der Waals surface area (Å²) in [4.78, 5) is 15.7. The zero-order chi connectivity index (χ0) is 15.2. The van der Waals surface area contributed by atoms with E-state index in [1.165, 1.54) is 4.88 Å². The first-order valence-corrected chi connectivity index (χ1v) is 8.36. The molecule has 1 amide bonds. The standard InChI is InChI=1S/C16H18BrNO2S/c1-12-5-6-13(10-15(12)17)16(19)18(7-8-20-2)11-14-4-3-9-21-14/h3-6,9-10H,7-8,11H2,1-2H3. The molecule has 21 heavy (non-hydrogen) atoms. The average Bonchev–Trinajstić information content (AvgIpc) is 2.98. The number of amides is 1. The first-order chi connectivity index (χ1) is 10.1. The van der Waals surface area contributed by atoms with E-state index in [1.807, 2.05) is 47.5 Å². The number of hydrogen-bond acceptors (Lipinski definition) is 3. The third kappa shape index (κ3) is 4.40. The zero-order valence-electron chi connectivity index (χ0n) is 12.1. The van der Waals surface area contributed by atoms with E-state index in [-0.39, 0.29) is 5.91 Å². The largest absolute Gasteiger partial charge is 0.383 e. The number of hydrogen-bond donors (Lipinski definition) is 0. The molecule has 0 spiro atoms. The molecule has 1 aromatic heterocycles. The highest BCUT2D eigenvalue weighted by molar-refractivity contribution is 9.10. The summed E-state index contributed by atoms with van der Waals surface area (Å²) in [5.41, 5.74) is 1.81. The Morgan fingerprint density at radius 3 is 2.81 bits per heavy atom. The Morgan fingerprint density at radius 2 is 2.19 bits per heavy atom. The van der Waals surface area contributed by atoms with Gasteiger partial charge in [0.25, 0.3) is 5.91 Å². The number of methoxy groups -OCH3 is 1. The molecule has 0 unspecified atom stereocenters. The van der Waals surface area contributed by atoms with Gasteiger partial charge in [0, 0.05) is 28.6 Å². The summed E-state index contributed by atoms with van der Waals surface area (Å²) >= 11 is 5.14. The van der Waals surface area contributed by atoms with E-state index in [1.54, 1.807) is 18.4 Å². The van der Waals surface area contributed by atoms with Gasteiger partial charge in [0.05, 0.1) is 13.2 Å². The third-order valence-corrected chi connectivity index (χ3v) is 4.91. The van der Waals surface area contributed by atoms with Gasteiger partial charge in [-0.3, -0.25) is 4.79 Å². The molecule has 2 aromatic rings. The van der Waals surface area contributed by atoms with Crippen molar-refractivity contribution in [2.45, 2.75) is 13.5 Å². The number of aryl methyl sites for hydroxylation is 1. The van der Waals surface area contributed by atoms with Gasteiger partial charge in [0.1, 0.15) is 0 Å². The van der Waals surface area contributed by atoms with Crippen LogP contribution in [0.25, 0.3) is 0 Å². The highest BCUT2D eigenvalue weighted by atomic mass is 79.9. The van der Waals surface area contributed by atoms with Crippen LogP contribution in [0.2, 0.25) is 0 Å². The second kappa shape index (κ2) is 7.73. The maximum absolute atomic E-state index is 12.7. The summed E-state index contributed by atoms with van der Waals surface area (Å²) in [6.07, 6.45) is 0. The number of rotatable bonds is 6. The third-order valence-electron chi connectivity index (χ3n) is 3.20. The number of halogens is 1. The fourth-order valence-electron chi connectivity index (χ4n) is 1.95. The van der Waals surface area contributed by atoms with Crippen LogP contribution in [-0.2, 0) is 11.3 Å². The normalized spacial score (nSPS) is 10.6. The van der Waals surface area contributed by atoms with Gasteiger partial charge in [-0.1, -0.05) is 28.1 Å². The summed E-state index contributed by atoms with van der Waals surface area (Å²) in [5.74, 6) is 0.0288. The van der Waals surface area contributed by atoms with Gasteiger partial charge in [0.15, 0.2) is 0 Å². The predicted octanol–water partition coefficient (Wildman–Crippen LogP) is 4.11. The van der Waals surface area contributed by atoms with Gasteiger partial charge in [-0.05, 0) is 36.1 Å². The van der Waals surface area contributed by atoms with Crippen molar-refractivity contribution < 1.29 is 9.53 Å². The molecule has 0 radical (unpaired) electrons. The van der Waals surface area contributed by atoms with Crippen LogP contribution in [-0.4, -0.2) is 31.1 Å². The number of carbonyl (C=O) groups is 1. The Morgan fingerprint density at radius 1 is 1.38 bits per heavy atom. The Bertz CT molecular complexity index is 598. The minimum Gasteiger partial charge on any atom is -0.383 e. The predicted molar refractivity (Wildman–Crippen MR) is 89.8 cm³/mol. The van der Waals surface area contributed by atoms with E-state index in [0.717, 1.165) is 10.0 Å². The van der Waals surface area contributed by atoms with Crippen LogP contribution in [0, 0.1) is 6.92 Å². The van der Waals surface area contributed by atoms with Crippen molar-refractivity contribution in [1.82, 2.24) is 4.90 Å². The van der Waals surface area contributed by atoms with Gasteiger partial charge < -0.3 is 9.64 Å². The Balaban J connectivity index is 2.18. The molecular formula is C16H18BrNO2S. The van der Waals surface area contributed by atoms with Crippen LogP contribution in [0.1, 0.15) is 20.8 Å². The van der Waals surface area contributed by atoms with E-state index in [4.69, 9.17) is 4.74 Å². The molecular weight excluding hydrogens is 350 g/mol. The van der Waals surface area contributed by atoms with Gasteiger partial charge in [-0.15, -0.1) is 11.3 Å². The maximum atomic E-state index is 12.7. The Kier molecular flexibility index (Phi) is 5.96. The van der Waals surface area contributed by atoms with Crippen molar-refractivity contribution in [2.24, 2.45) is 0 Å². The van der Waals surface area contributed by atoms with Crippen molar-refractivity contribution in [3.63, 3.8) is 0 Å². The molecule has 0 saturated heterocycles. The maximum Gasteiger partial charge on any atom is 0.254 e. The molecule has 0 saturated carbocycles. The van der Waals surface area contributed by atoms with Crippen LogP contribution in [0.4, 0.5) is 0 Å².